The number of hydrogen-bond donors (Lipinski definition) is 3. The number of nitrogens with zero attached hydrogens (tertiary/aromatic N) is 1. The van der Waals surface area contributed by atoms with Gasteiger partial charge in [-0.05, 0) is 91.7 Å². The van der Waals surface area contributed by atoms with Crippen LogP contribution in [0, 0.1) is 0 Å². The molecule has 0 unspecified atom stereocenters. The molecular formula is C28H30N4O6. The summed E-state index contributed by atoms with van der Waals surface area (Å²) in [6.07, 6.45) is 2.27. The van der Waals surface area contributed by atoms with Crippen LogP contribution in [0.3, 0.4) is 0 Å². The maximum Gasteiger partial charge on any atom is 0.329 e. The molecule has 0 bridgehead atoms. The summed E-state index contributed by atoms with van der Waals surface area (Å²) in [6.45, 7) is 4.92. The van der Waals surface area contributed by atoms with Gasteiger partial charge in [-0.2, -0.15) is 5.10 Å². The van der Waals surface area contributed by atoms with E-state index in [1.807, 2.05) is 13.8 Å². The molecule has 0 aromatic heterocycles. The van der Waals surface area contributed by atoms with Gasteiger partial charge in [-0.3, -0.25) is 14.4 Å². The Morgan fingerprint density at radius 2 is 1.26 bits per heavy atom. The highest BCUT2D eigenvalue weighted by Gasteiger charge is 2.13. The maximum atomic E-state index is 12.1. The lowest BCUT2D eigenvalue weighted by Crippen LogP contribution is -2.32. The summed E-state index contributed by atoms with van der Waals surface area (Å²) in [4.78, 5) is 36.2. The molecule has 0 saturated heterocycles. The molecule has 0 aliphatic heterocycles. The number of benzene rings is 3. The van der Waals surface area contributed by atoms with E-state index in [1.54, 1.807) is 72.8 Å². The third-order valence-corrected chi connectivity index (χ3v) is 4.87. The van der Waals surface area contributed by atoms with Crippen LogP contribution in [-0.2, 0) is 14.4 Å². The van der Waals surface area contributed by atoms with Crippen molar-refractivity contribution in [3.63, 3.8) is 0 Å². The first-order valence-electron chi connectivity index (χ1n) is 12.1. The molecule has 0 fully saturated rings. The molecule has 0 atom stereocenters. The summed E-state index contributed by atoms with van der Waals surface area (Å²) in [5.74, 6) is -0.169. The van der Waals surface area contributed by atoms with Crippen LogP contribution in [0.5, 0.6) is 17.2 Å². The van der Waals surface area contributed by atoms with Crippen LogP contribution in [0.25, 0.3) is 0 Å². The standard InChI is InChI=1S/C28H30N4O6/c1-3-17-37-24-15-9-22(10-16-24)31-27(34)28(35)32-29-18-20-5-11-25(12-6-20)38-19-26(33)30-21-7-13-23(14-8-21)36-4-2/h5-16,18H,3-4,17,19H2,1-2H3,(H,30,33)(H,31,34)(H,32,35)/b29-18-. The Morgan fingerprint density at radius 3 is 1.87 bits per heavy atom. The Kier molecular flexibility index (Phi) is 10.7. The van der Waals surface area contributed by atoms with Gasteiger partial charge < -0.3 is 24.8 Å². The van der Waals surface area contributed by atoms with Crippen molar-refractivity contribution in [1.82, 2.24) is 5.43 Å². The average Bonchev–Trinajstić information content (AvgIpc) is 2.93. The Bertz CT molecular complexity index is 1230. The van der Waals surface area contributed by atoms with Gasteiger partial charge in [0.1, 0.15) is 17.2 Å². The van der Waals surface area contributed by atoms with Gasteiger partial charge in [0.2, 0.25) is 0 Å². The lowest BCUT2D eigenvalue weighted by molar-refractivity contribution is -0.136. The zero-order chi connectivity index (χ0) is 27.2. The normalized spacial score (nSPS) is 10.5. The van der Waals surface area contributed by atoms with Crippen LogP contribution < -0.4 is 30.3 Å². The van der Waals surface area contributed by atoms with Crippen LogP contribution in [0.4, 0.5) is 11.4 Å². The van der Waals surface area contributed by atoms with Crippen LogP contribution >= 0.6 is 0 Å². The highest BCUT2D eigenvalue weighted by Crippen LogP contribution is 2.17. The minimum absolute atomic E-state index is 0.166. The summed E-state index contributed by atoms with van der Waals surface area (Å²) in [5, 5.41) is 9.04. The first-order valence-corrected chi connectivity index (χ1v) is 12.1. The molecule has 0 spiro atoms. The van der Waals surface area contributed by atoms with Crippen LogP contribution in [0.2, 0.25) is 0 Å². The Hall–Kier alpha value is -4.86. The van der Waals surface area contributed by atoms with E-state index in [2.05, 4.69) is 21.2 Å². The third-order valence-electron chi connectivity index (χ3n) is 4.87. The van der Waals surface area contributed by atoms with E-state index in [1.165, 1.54) is 6.21 Å². The minimum atomic E-state index is -0.911. The van der Waals surface area contributed by atoms with E-state index in [4.69, 9.17) is 14.2 Å². The number of carbonyl (C=O) groups is 3. The van der Waals surface area contributed by atoms with Crippen molar-refractivity contribution in [3.8, 4) is 17.2 Å². The van der Waals surface area contributed by atoms with Gasteiger partial charge in [0.25, 0.3) is 5.91 Å². The van der Waals surface area contributed by atoms with Crippen molar-refractivity contribution >= 4 is 35.3 Å². The first-order chi connectivity index (χ1) is 18.5. The molecule has 3 N–H and O–H groups in total. The average molecular weight is 519 g/mol. The predicted molar refractivity (Wildman–Crippen MR) is 145 cm³/mol. The Morgan fingerprint density at radius 1 is 0.711 bits per heavy atom. The second-order valence-electron chi connectivity index (χ2n) is 7.89. The third kappa shape index (κ3) is 9.30. The van der Waals surface area contributed by atoms with Crippen molar-refractivity contribution in [2.45, 2.75) is 20.3 Å². The molecular weight excluding hydrogens is 488 g/mol. The van der Waals surface area contributed by atoms with E-state index in [9.17, 15) is 14.4 Å². The van der Waals surface area contributed by atoms with E-state index in [-0.39, 0.29) is 12.5 Å². The zero-order valence-electron chi connectivity index (χ0n) is 21.2. The lowest BCUT2D eigenvalue weighted by atomic mass is 10.2. The summed E-state index contributed by atoms with van der Waals surface area (Å²) in [5.41, 5.74) is 3.93. The van der Waals surface area contributed by atoms with Crippen molar-refractivity contribution in [3.05, 3.63) is 78.4 Å². The van der Waals surface area contributed by atoms with Gasteiger partial charge in [0.15, 0.2) is 6.61 Å². The number of anilines is 2. The molecule has 198 valence electrons. The molecule has 0 radical (unpaired) electrons. The molecule has 38 heavy (non-hydrogen) atoms. The van der Waals surface area contributed by atoms with Gasteiger partial charge in [-0.25, -0.2) is 5.43 Å². The highest BCUT2D eigenvalue weighted by atomic mass is 16.5. The smallest absolute Gasteiger partial charge is 0.329 e. The van der Waals surface area contributed by atoms with Crippen LogP contribution in [0.1, 0.15) is 25.8 Å². The fourth-order valence-electron chi connectivity index (χ4n) is 3.06. The minimum Gasteiger partial charge on any atom is -0.494 e. The second-order valence-corrected chi connectivity index (χ2v) is 7.89. The fourth-order valence-corrected chi connectivity index (χ4v) is 3.06. The van der Waals surface area contributed by atoms with Crippen molar-refractivity contribution in [2.75, 3.05) is 30.5 Å². The second kappa shape index (κ2) is 14.6. The van der Waals surface area contributed by atoms with Crippen LogP contribution in [-0.4, -0.2) is 43.8 Å². The number of hydrogen-bond acceptors (Lipinski definition) is 7. The highest BCUT2D eigenvalue weighted by molar-refractivity contribution is 6.39. The number of carbonyl (C=O) groups excluding carboxylic acids is 3. The quantitative estimate of drug-likeness (QED) is 0.189. The van der Waals surface area contributed by atoms with Crippen molar-refractivity contribution in [1.29, 1.82) is 0 Å². The van der Waals surface area contributed by atoms with E-state index in [0.717, 1.165) is 12.2 Å². The monoisotopic (exact) mass is 518 g/mol. The van der Waals surface area contributed by atoms with Gasteiger partial charge >= 0.3 is 11.8 Å². The molecule has 0 aliphatic rings. The molecule has 10 heteroatoms. The summed E-state index contributed by atoms with van der Waals surface area (Å²) in [6, 6.07) is 20.5. The summed E-state index contributed by atoms with van der Waals surface area (Å²) < 4.78 is 16.4. The molecule has 0 heterocycles. The number of hydrazone groups is 1. The molecule has 3 amide bonds. The first kappa shape index (κ1) is 27.7. The number of nitrogens with one attached hydrogen (secondary N) is 3. The van der Waals surface area contributed by atoms with Gasteiger partial charge in [0.05, 0.1) is 19.4 Å². The largest absolute Gasteiger partial charge is 0.494 e. The topological polar surface area (TPSA) is 127 Å². The molecule has 0 saturated carbocycles. The number of rotatable bonds is 12. The Balaban J connectivity index is 1.39. The van der Waals surface area contributed by atoms with Gasteiger partial charge in [-0.15, -0.1) is 0 Å². The molecule has 10 nitrogen and oxygen atoms in total. The molecule has 3 aromatic rings. The predicted octanol–water partition coefficient (Wildman–Crippen LogP) is 3.98. The molecule has 0 aliphatic carbocycles. The van der Waals surface area contributed by atoms with Crippen molar-refractivity contribution < 1.29 is 28.6 Å². The SMILES string of the molecule is CCCOc1ccc(NC(=O)C(=O)N/N=C\c2ccc(OCC(=O)Nc3ccc(OCC)cc3)cc2)cc1. The molecule has 3 rings (SSSR count). The van der Waals surface area contributed by atoms with Crippen LogP contribution in [0.15, 0.2) is 77.9 Å². The zero-order valence-corrected chi connectivity index (χ0v) is 21.2. The van der Waals surface area contributed by atoms with E-state index >= 15 is 0 Å². The molecule has 3 aromatic carbocycles. The van der Waals surface area contributed by atoms with Crippen molar-refractivity contribution in [2.24, 2.45) is 5.10 Å². The van der Waals surface area contributed by atoms with E-state index in [0.29, 0.717) is 41.7 Å². The van der Waals surface area contributed by atoms with Gasteiger partial charge in [-0.1, -0.05) is 6.92 Å². The Labute approximate surface area is 221 Å². The fraction of sp³-hybridized carbons (Fsp3) is 0.214. The number of ether oxygens (including phenoxy) is 3. The summed E-state index contributed by atoms with van der Waals surface area (Å²) >= 11 is 0. The number of amides is 3. The summed E-state index contributed by atoms with van der Waals surface area (Å²) in [7, 11) is 0. The lowest BCUT2D eigenvalue weighted by Gasteiger charge is -2.09. The van der Waals surface area contributed by atoms with Gasteiger partial charge in [0, 0.05) is 11.4 Å². The maximum absolute atomic E-state index is 12.1. The van der Waals surface area contributed by atoms with E-state index < -0.39 is 11.8 Å².